The number of nitriles is 1. The highest BCUT2D eigenvalue weighted by molar-refractivity contribution is 5.78. The van der Waals surface area contributed by atoms with Gasteiger partial charge in [0, 0.05) is 18.3 Å². The van der Waals surface area contributed by atoms with Crippen molar-refractivity contribution < 1.29 is 9.53 Å². The Kier molecular flexibility index (Phi) is 5.26. The third-order valence-corrected chi connectivity index (χ3v) is 5.71. The van der Waals surface area contributed by atoms with Gasteiger partial charge in [-0.2, -0.15) is 5.26 Å². The number of amides is 1. The van der Waals surface area contributed by atoms with Crippen molar-refractivity contribution in [1.82, 2.24) is 19.9 Å². The molecule has 32 heavy (non-hydrogen) atoms. The van der Waals surface area contributed by atoms with E-state index in [0.29, 0.717) is 17.8 Å². The van der Waals surface area contributed by atoms with Crippen LogP contribution in [0.3, 0.4) is 0 Å². The molecular weight excluding hydrogens is 402 g/mol. The van der Waals surface area contributed by atoms with Crippen LogP contribution in [0.15, 0.2) is 66.9 Å². The van der Waals surface area contributed by atoms with Gasteiger partial charge in [-0.1, -0.05) is 42.5 Å². The second-order valence-electron chi connectivity index (χ2n) is 7.80. The number of hydrogen-bond acceptors (Lipinski definition) is 5. The van der Waals surface area contributed by atoms with Crippen molar-refractivity contribution in [2.45, 2.75) is 25.5 Å². The van der Waals surface area contributed by atoms with Crippen molar-refractivity contribution in [3.63, 3.8) is 0 Å². The van der Waals surface area contributed by atoms with Crippen molar-refractivity contribution in [2.75, 3.05) is 6.54 Å². The zero-order chi connectivity index (χ0) is 21.9. The number of ether oxygens (including phenoxy) is 1. The number of imidazole rings is 1. The van der Waals surface area contributed by atoms with Crippen LogP contribution in [0.5, 0.6) is 0 Å². The van der Waals surface area contributed by atoms with E-state index in [2.05, 4.69) is 21.0 Å². The second-order valence-corrected chi connectivity index (χ2v) is 7.80. The van der Waals surface area contributed by atoms with Gasteiger partial charge in [-0.25, -0.2) is 14.8 Å². The van der Waals surface area contributed by atoms with Crippen LogP contribution in [0.25, 0.3) is 22.3 Å². The number of nitrogens with one attached hydrogen (secondary N) is 1. The summed E-state index contributed by atoms with van der Waals surface area (Å²) in [5.74, 6) is 0.721. The Labute approximate surface area is 185 Å². The number of benzene rings is 2. The van der Waals surface area contributed by atoms with Gasteiger partial charge >= 0.3 is 6.09 Å². The summed E-state index contributed by atoms with van der Waals surface area (Å²) in [6, 6.07) is 21.0. The normalized spacial score (nSPS) is 15.6. The highest BCUT2D eigenvalue weighted by Gasteiger charge is 2.33. The molecule has 7 nitrogen and oxygen atoms in total. The summed E-state index contributed by atoms with van der Waals surface area (Å²) >= 11 is 0. The number of carbonyl (C=O) groups is 1. The number of rotatable bonds is 4. The van der Waals surface area contributed by atoms with E-state index in [1.54, 1.807) is 23.2 Å². The highest BCUT2D eigenvalue weighted by atomic mass is 16.6. The topological polar surface area (TPSA) is 94.9 Å². The van der Waals surface area contributed by atoms with Crippen LogP contribution in [0.2, 0.25) is 0 Å². The van der Waals surface area contributed by atoms with Crippen LogP contribution in [-0.4, -0.2) is 32.5 Å². The maximum Gasteiger partial charge on any atom is 0.410 e. The second kappa shape index (κ2) is 8.52. The monoisotopic (exact) mass is 423 g/mol. The molecule has 3 heterocycles. The smallest absolute Gasteiger partial charge is 0.410 e. The van der Waals surface area contributed by atoms with Gasteiger partial charge in [0.15, 0.2) is 5.65 Å². The first kappa shape index (κ1) is 19.8. The van der Waals surface area contributed by atoms with Gasteiger partial charge in [0.1, 0.15) is 12.4 Å². The Morgan fingerprint density at radius 3 is 2.75 bits per heavy atom. The van der Waals surface area contributed by atoms with Crippen LogP contribution in [0.1, 0.15) is 35.8 Å². The molecule has 158 valence electrons. The van der Waals surface area contributed by atoms with Crippen molar-refractivity contribution in [2.24, 2.45) is 0 Å². The Hall–Kier alpha value is -4.18. The largest absolute Gasteiger partial charge is 0.445 e. The fraction of sp³-hybridized carbons (Fsp3) is 0.200. The SMILES string of the molecule is N#Cc1ccc(-c2cnc3nc([C@H]4CCCN4C(=O)OCc4ccccc4)[nH]c3c2)cc1. The molecule has 0 bridgehead atoms. The Bertz CT molecular complexity index is 1290. The number of pyridine rings is 1. The summed E-state index contributed by atoms with van der Waals surface area (Å²) in [5.41, 5.74) is 4.91. The molecule has 0 radical (unpaired) electrons. The molecule has 0 aliphatic carbocycles. The summed E-state index contributed by atoms with van der Waals surface area (Å²) in [4.78, 5) is 27.0. The van der Waals surface area contributed by atoms with E-state index < -0.39 is 0 Å². The summed E-state index contributed by atoms with van der Waals surface area (Å²) in [6.07, 6.45) is 3.16. The molecule has 5 rings (SSSR count). The number of carbonyl (C=O) groups excluding carboxylic acids is 1. The quantitative estimate of drug-likeness (QED) is 0.500. The molecule has 1 aliphatic rings. The first-order chi connectivity index (χ1) is 15.7. The molecule has 2 aromatic carbocycles. The molecule has 0 unspecified atom stereocenters. The molecule has 7 heteroatoms. The number of H-pyrrole nitrogens is 1. The van der Waals surface area contributed by atoms with Gasteiger partial charge in [-0.15, -0.1) is 0 Å². The first-order valence-corrected chi connectivity index (χ1v) is 10.5. The number of hydrogen-bond donors (Lipinski definition) is 1. The average Bonchev–Trinajstić information content (AvgIpc) is 3.50. The van der Waals surface area contributed by atoms with Crippen molar-refractivity contribution in [3.05, 3.63) is 83.8 Å². The summed E-state index contributed by atoms with van der Waals surface area (Å²) < 4.78 is 5.54. The van der Waals surface area contributed by atoms with Gasteiger partial charge in [-0.3, -0.25) is 4.90 Å². The van der Waals surface area contributed by atoms with E-state index in [1.165, 1.54) is 0 Å². The lowest BCUT2D eigenvalue weighted by Gasteiger charge is -2.22. The Balaban J connectivity index is 1.35. The molecule has 1 atom stereocenters. The maximum absolute atomic E-state index is 12.7. The van der Waals surface area contributed by atoms with E-state index in [4.69, 9.17) is 10.00 Å². The number of fused-ring (bicyclic) bond motifs is 1. The van der Waals surface area contributed by atoms with Crippen molar-refractivity contribution >= 4 is 17.3 Å². The molecule has 1 aliphatic heterocycles. The first-order valence-electron chi connectivity index (χ1n) is 10.5. The van der Waals surface area contributed by atoms with Crippen LogP contribution >= 0.6 is 0 Å². The van der Waals surface area contributed by atoms with Gasteiger partial charge < -0.3 is 9.72 Å². The average molecular weight is 423 g/mol. The van der Waals surface area contributed by atoms with E-state index in [0.717, 1.165) is 40.9 Å². The van der Waals surface area contributed by atoms with Crippen molar-refractivity contribution in [1.29, 1.82) is 5.26 Å². The zero-order valence-electron chi connectivity index (χ0n) is 17.4. The summed E-state index contributed by atoms with van der Waals surface area (Å²) in [6.45, 7) is 0.887. The molecule has 1 saturated heterocycles. The minimum Gasteiger partial charge on any atom is -0.445 e. The van der Waals surface area contributed by atoms with Crippen LogP contribution < -0.4 is 0 Å². The van der Waals surface area contributed by atoms with E-state index in [-0.39, 0.29) is 18.7 Å². The van der Waals surface area contributed by atoms with E-state index in [1.807, 2.05) is 48.5 Å². The van der Waals surface area contributed by atoms with Crippen molar-refractivity contribution in [3.8, 4) is 17.2 Å². The van der Waals surface area contributed by atoms with Crippen LogP contribution in [0.4, 0.5) is 4.79 Å². The van der Waals surface area contributed by atoms with Crippen LogP contribution in [0, 0.1) is 11.3 Å². The van der Waals surface area contributed by atoms with Gasteiger partial charge in [0.05, 0.1) is 23.2 Å². The fourth-order valence-corrected chi connectivity index (χ4v) is 4.04. The van der Waals surface area contributed by atoms with E-state index in [9.17, 15) is 4.79 Å². The minimum atomic E-state index is -0.331. The number of likely N-dealkylation sites (tertiary alicyclic amines) is 1. The fourth-order valence-electron chi connectivity index (χ4n) is 4.04. The molecule has 0 spiro atoms. The Morgan fingerprint density at radius 1 is 1.16 bits per heavy atom. The lowest BCUT2D eigenvalue weighted by atomic mass is 10.1. The molecular formula is C25H21N5O2. The lowest BCUT2D eigenvalue weighted by Crippen LogP contribution is -2.31. The Morgan fingerprint density at radius 2 is 1.97 bits per heavy atom. The lowest BCUT2D eigenvalue weighted by molar-refractivity contribution is 0.0910. The molecule has 1 N–H and O–H groups in total. The van der Waals surface area contributed by atoms with Gasteiger partial charge in [0.25, 0.3) is 0 Å². The predicted octanol–water partition coefficient (Wildman–Crippen LogP) is 4.97. The highest BCUT2D eigenvalue weighted by Crippen LogP contribution is 2.32. The predicted molar refractivity (Wildman–Crippen MR) is 119 cm³/mol. The molecule has 0 saturated carbocycles. The van der Waals surface area contributed by atoms with Crippen LogP contribution in [-0.2, 0) is 11.3 Å². The number of aromatic amines is 1. The van der Waals surface area contributed by atoms with Gasteiger partial charge in [-0.05, 0) is 42.2 Å². The van der Waals surface area contributed by atoms with E-state index >= 15 is 0 Å². The zero-order valence-corrected chi connectivity index (χ0v) is 17.4. The molecule has 1 amide bonds. The summed E-state index contributed by atoms with van der Waals surface area (Å²) in [5, 5.41) is 8.99. The van der Waals surface area contributed by atoms with Gasteiger partial charge in [0.2, 0.25) is 0 Å². The number of nitrogens with zero attached hydrogens (tertiary/aromatic N) is 4. The number of aromatic nitrogens is 3. The third kappa shape index (κ3) is 3.91. The molecule has 2 aromatic heterocycles. The molecule has 4 aromatic rings. The molecule has 1 fully saturated rings. The minimum absolute atomic E-state index is 0.161. The summed E-state index contributed by atoms with van der Waals surface area (Å²) in [7, 11) is 0. The standard InChI is InChI=1S/C25H21N5O2/c26-14-17-8-10-19(11-9-17)20-13-21-23(27-15-20)29-24(28-21)22-7-4-12-30(22)25(31)32-16-18-5-2-1-3-6-18/h1-3,5-6,8-11,13,15,22H,4,7,12,16H2,(H,27,28,29)/t22-/m1/s1. The third-order valence-electron chi connectivity index (χ3n) is 5.71. The maximum atomic E-state index is 12.7.